The van der Waals surface area contributed by atoms with E-state index in [1.165, 1.54) is 6.07 Å². The molecular weight excluding hydrogens is 220 g/mol. The Kier molecular flexibility index (Phi) is 4.49. The van der Waals surface area contributed by atoms with Crippen molar-refractivity contribution in [2.75, 3.05) is 6.61 Å². The molecule has 5 nitrogen and oxygen atoms in total. The summed E-state index contributed by atoms with van der Waals surface area (Å²) >= 11 is 0. The minimum atomic E-state index is -0.406. The van der Waals surface area contributed by atoms with Crippen LogP contribution in [0.5, 0.6) is 5.75 Å². The van der Waals surface area contributed by atoms with Gasteiger partial charge in [-0.1, -0.05) is 0 Å². The number of rotatable bonds is 4. The molecule has 0 fully saturated rings. The minimum Gasteiger partial charge on any atom is -0.508 e. The topological polar surface area (TPSA) is 96.3 Å². The molecule has 0 unspecified atom stereocenters. The van der Waals surface area contributed by atoms with Crippen molar-refractivity contribution in [3.05, 3.63) is 28.8 Å². The lowest BCUT2D eigenvalue weighted by molar-refractivity contribution is -0.142. The zero-order chi connectivity index (χ0) is 12.8. The predicted molar refractivity (Wildman–Crippen MR) is 61.1 cm³/mol. The Hall–Kier alpha value is -2.06. The van der Waals surface area contributed by atoms with E-state index in [0.717, 1.165) is 0 Å². The molecule has 1 aromatic carbocycles. The van der Waals surface area contributed by atoms with Crippen LogP contribution >= 0.6 is 0 Å². The molecule has 0 aliphatic carbocycles. The quantitative estimate of drug-likeness (QED) is 0.752. The van der Waals surface area contributed by atoms with Crippen molar-refractivity contribution in [2.45, 2.75) is 19.9 Å². The van der Waals surface area contributed by atoms with Gasteiger partial charge in [-0.25, -0.2) is 0 Å². The number of nitrogens with two attached hydrogens (primary N) is 1. The van der Waals surface area contributed by atoms with Crippen molar-refractivity contribution in [2.24, 2.45) is 5.73 Å². The van der Waals surface area contributed by atoms with E-state index < -0.39 is 5.97 Å². The third kappa shape index (κ3) is 3.20. The smallest absolute Gasteiger partial charge is 0.310 e. The highest BCUT2D eigenvalue weighted by Crippen LogP contribution is 2.23. The summed E-state index contributed by atoms with van der Waals surface area (Å²) < 4.78 is 4.81. The zero-order valence-corrected chi connectivity index (χ0v) is 9.56. The van der Waals surface area contributed by atoms with Gasteiger partial charge in [0.1, 0.15) is 5.75 Å². The van der Waals surface area contributed by atoms with E-state index in [9.17, 15) is 9.90 Å². The lowest BCUT2D eigenvalue weighted by atomic mass is 10.0. The highest BCUT2D eigenvalue weighted by Gasteiger charge is 2.13. The number of aromatic hydroxyl groups is 1. The van der Waals surface area contributed by atoms with Gasteiger partial charge < -0.3 is 15.6 Å². The third-order valence-corrected chi connectivity index (χ3v) is 2.29. The van der Waals surface area contributed by atoms with Crippen molar-refractivity contribution in [1.29, 1.82) is 5.26 Å². The molecular formula is C12H14N2O3. The molecule has 0 spiro atoms. The van der Waals surface area contributed by atoms with Gasteiger partial charge in [0.15, 0.2) is 0 Å². The van der Waals surface area contributed by atoms with E-state index in [4.69, 9.17) is 15.7 Å². The number of phenolic OH excluding ortho intramolecular Hbond substituents is 1. The number of ether oxygens (including phenoxy) is 1. The largest absolute Gasteiger partial charge is 0.508 e. The highest BCUT2D eigenvalue weighted by atomic mass is 16.5. The number of carbonyl (C=O) groups excluding carboxylic acids is 1. The Bertz CT molecular complexity index is 464. The van der Waals surface area contributed by atoms with Crippen molar-refractivity contribution >= 4 is 5.97 Å². The number of hydrogen-bond donors (Lipinski definition) is 2. The maximum absolute atomic E-state index is 11.4. The summed E-state index contributed by atoms with van der Waals surface area (Å²) in [4.78, 5) is 11.4. The molecule has 0 heterocycles. The van der Waals surface area contributed by atoms with Crippen LogP contribution in [0.2, 0.25) is 0 Å². The summed E-state index contributed by atoms with van der Waals surface area (Å²) in [6.07, 6.45) is 0.00343. The van der Waals surface area contributed by atoms with Gasteiger partial charge in [-0.3, -0.25) is 4.79 Å². The predicted octanol–water partition coefficient (Wildman–Crippen LogP) is 0.828. The van der Waals surface area contributed by atoms with Crippen LogP contribution in [0.15, 0.2) is 12.1 Å². The van der Waals surface area contributed by atoms with Gasteiger partial charge in [-0.05, 0) is 24.6 Å². The zero-order valence-electron chi connectivity index (χ0n) is 9.56. The first-order chi connectivity index (χ1) is 8.12. The van der Waals surface area contributed by atoms with Crippen molar-refractivity contribution in [1.82, 2.24) is 0 Å². The van der Waals surface area contributed by atoms with Crippen LogP contribution in [0.4, 0.5) is 0 Å². The van der Waals surface area contributed by atoms with Crippen LogP contribution in [0, 0.1) is 11.3 Å². The van der Waals surface area contributed by atoms with Gasteiger partial charge in [-0.15, -0.1) is 0 Å². The molecule has 0 saturated heterocycles. The molecule has 17 heavy (non-hydrogen) atoms. The minimum absolute atomic E-state index is 0.00343. The molecule has 0 bridgehead atoms. The van der Waals surface area contributed by atoms with E-state index in [0.29, 0.717) is 23.3 Å². The van der Waals surface area contributed by atoms with E-state index in [1.807, 2.05) is 6.07 Å². The number of phenols is 1. The summed E-state index contributed by atoms with van der Waals surface area (Å²) in [6.45, 7) is 2.11. The summed E-state index contributed by atoms with van der Waals surface area (Å²) in [5, 5.41) is 18.4. The van der Waals surface area contributed by atoms with Crippen molar-refractivity contribution in [3.63, 3.8) is 0 Å². The second-order valence-corrected chi connectivity index (χ2v) is 3.43. The Labute approximate surface area is 99.4 Å². The van der Waals surface area contributed by atoms with E-state index in [1.54, 1.807) is 13.0 Å². The molecule has 5 heteroatoms. The van der Waals surface area contributed by atoms with Crippen molar-refractivity contribution < 1.29 is 14.6 Å². The standard InChI is InChI=1S/C12H14N2O3/c1-2-17-12(16)5-9-3-8(6-13)4-11(15)10(9)7-14/h3-4,15H,2,5,7,14H2,1H3. The van der Waals surface area contributed by atoms with E-state index in [2.05, 4.69) is 0 Å². The van der Waals surface area contributed by atoms with Gasteiger partial charge in [0.2, 0.25) is 0 Å². The van der Waals surface area contributed by atoms with Gasteiger partial charge in [0.05, 0.1) is 24.7 Å². The Balaban J connectivity index is 3.08. The molecule has 0 aromatic heterocycles. The summed E-state index contributed by atoms with van der Waals surface area (Å²) in [7, 11) is 0. The molecule has 0 aliphatic rings. The van der Waals surface area contributed by atoms with Gasteiger partial charge >= 0.3 is 5.97 Å². The molecule has 0 saturated carbocycles. The Morgan fingerprint density at radius 1 is 1.59 bits per heavy atom. The molecule has 1 aromatic rings. The maximum atomic E-state index is 11.4. The average molecular weight is 234 g/mol. The Morgan fingerprint density at radius 3 is 2.82 bits per heavy atom. The molecule has 90 valence electrons. The molecule has 3 N–H and O–H groups in total. The Morgan fingerprint density at radius 2 is 2.29 bits per heavy atom. The number of carbonyl (C=O) groups is 1. The van der Waals surface area contributed by atoms with Crippen LogP contribution in [0.3, 0.4) is 0 Å². The van der Waals surface area contributed by atoms with Crippen LogP contribution < -0.4 is 5.73 Å². The van der Waals surface area contributed by atoms with E-state index in [-0.39, 0.29) is 18.7 Å². The average Bonchev–Trinajstić information content (AvgIpc) is 2.28. The molecule has 0 aliphatic heterocycles. The lowest BCUT2D eigenvalue weighted by Crippen LogP contribution is -2.11. The SMILES string of the molecule is CCOC(=O)Cc1cc(C#N)cc(O)c1CN. The number of esters is 1. The van der Waals surface area contributed by atoms with E-state index >= 15 is 0 Å². The van der Waals surface area contributed by atoms with Crippen LogP contribution in [0.1, 0.15) is 23.6 Å². The molecule has 1 rings (SSSR count). The first-order valence-corrected chi connectivity index (χ1v) is 5.22. The third-order valence-electron chi connectivity index (χ3n) is 2.29. The monoisotopic (exact) mass is 234 g/mol. The normalized spacial score (nSPS) is 9.71. The fraction of sp³-hybridized carbons (Fsp3) is 0.333. The molecule has 0 radical (unpaired) electrons. The number of nitriles is 1. The second-order valence-electron chi connectivity index (χ2n) is 3.43. The summed E-state index contributed by atoms with van der Waals surface area (Å²) in [6, 6.07) is 4.78. The van der Waals surface area contributed by atoms with Gasteiger partial charge in [0.25, 0.3) is 0 Å². The first kappa shape index (κ1) is 13.0. The summed E-state index contributed by atoms with van der Waals surface area (Å²) in [5.41, 5.74) is 6.79. The highest BCUT2D eigenvalue weighted by molar-refractivity contribution is 5.73. The van der Waals surface area contributed by atoms with Gasteiger partial charge in [-0.2, -0.15) is 5.26 Å². The second kappa shape index (κ2) is 5.87. The number of hydrogen-bond acceptors (Lipinski definition) is 5. The number of nitrogens with zero attached hydrogens (tertiary/aromatic N) is 1. The fourth-order valence-corrected chi connectivity index (χ4v) is 1.54. The molecule has 0 amide bonds. The fourth-order valence-electron chi connectivity index (χ4n) is 1.54. The van der Waals surface area contributed by atoms with Gasteiger partial charge in [0, 0.05) is 12.1 Å². The van der Waals surface area contributed by atoms with Crippen LogP contribution in [-0.2, 0) is 22.5 Å². The number of benzene rings is 1. The van der Waals surface area contributed by atoms with Crippen LogP contribution in [0.25, 0.3) is 0 Å². The molecule has 0 atom stereocenters. The van der Waals surface area contributed by atoms with Crippen LogP contribution in [-0.4, -0.2) is 17.7 Å². The summed E-state index contributed by atoms with van der Waals surface area (Å²) in [5.74, 6) is -0.470. The maximum Gasteiger partial charge on any atom is 0.310 e. The lowest BCUT2D eigenvalue weighted by Gasteiger charge is -2.10. The van der Waals surface area contributed by atoms with Crippen molar-refractivity contribution in [3.8, 4) is 11.8 Å². The first-order valence-electron chi connectivity index (χ1n) is 5.22.